The zero-order valence-corrected chi connectivity index (χ0v) is 9.37. The highest BCUT2D eigenvalue weighted by atomic mass is 16.5. The number of likely N-dealkylation sites (tertiary alicyclic amines) is 1. The quantitative estimate of drug-likeness (QED) is 0.716. The second kappa shape index (κ2) is 4.94. The molecule has 2 aliphatic rings. The Morgan fingerprint density at radius 2 is 2.27 bits per heavy atom. The van der Waals surface area contributed by atoms with Gasteiger partial charge in [-0.2, -0.15) is 0 Å². The Labute approximate surface area is 91.0 Å². The molecule has 2 rings (SSSR count). The molecule has 2 fully saturated rings. The average molecular weight is 212 g/mol. The number of methoxy groups -OCH3 is 1. The van der Waals surface area contributed by atoms with Gasteiger partial charge in [0.2, 0.25) is 5.91 Å². The van der Waals surface area contributed by atoms with Gasteiger partial charge in [-0.25, -0.2) is 0 Å². The summed E-state index contributed by atoms with van der Waals surface area (Å²) in [5.74, 6) is 0.228. The fraction of sp³-hybridized carbons (Fsp3) is 0.909. The zero-order valence-electron chi connectivity index (χ0n) is 9.37. The average Bonchev–Trinajstić information content (AvgIpc) is 2.91. The van der Waals surface area contributed by atoms with Crippen molar-refractivity contribution in [3.8, 4) is 0 Å². The Bertz CT molecular complexity index is 229. The lowest BCUT2D eigenvalue weighted by Gasteiger charge is -2.23. The van der Waals surface area contributed by atoms with Crippen LogP contribution in [0.25, 0.3) is 0 Å². The van der Waals surface area contributed by atoms with Crippen molar-refractivity contribution >= 4 is 5.91 Å². The molecule has 0 radical (unpaired) electrons. The number of nitrogens with one attached hydrogen (secondary N) is 1. The fourth-order valence-electron chi connectivity index (χ4n) is 2.12. The molecule has 1 heterocycles. The van der Waals surface area contributed by atoms with Crippen LogP contribution in [0.1, 0.15) is 25.7 Å². The van der Waals surface area contributed by atoms with Gasteiger partial charge in [0.1, 0.15) is 0 Å². The van der Waals surface area contributed by atoms with Gasteiger partial charge in [-0.05, 0) is 32.2 Å². The van der Waals surface area contributed by atoms with Crippen molar-refractivity contribution in [2.24, 2.45) is 0 Å². The van der Waals surface area contributed by atoms with Crippen molar-refractivity contribution in [3.05, 3.63) is 0 Å². The Balaban J connectivity index is 1.79. The molecular formula is C11H20N2O2. The highest BCUT2D eigenvalue weighted by Crippen LogP contribution is 2.22. The molecule has 1 saturated carbocycles. The van der Waals surface area contributed by atoms with Gasteiger partial charge in [0.15, 0.2) is 0 Å². The summed E-state index contributed by atoms with van der Waals surface area (Å²) in [4.78, 5) is 14.1. The lowest BCUT2D eigenvalue weighted by atomic mass is 10.2. The van der Waals surface area contributed by atoms with Gasteiger partial charge in [-0.15, -0.1) is 0 Å². The summed E-state index contributed by atoms with van der Waals surface area (Å²) in [5, 5.41) is 3.08. The van der Waals surface area contributed by atoms with Crippen molar-refractivity contribution < 1.29 is 9.53 Å². The molecule has 0 aromatic rings. The molecule has 1 atom stereocenters. The monoisotopic (exact) mass is 212 g/mol. The van der Waals surface area contributed by atoms with E-state index < -0.39 is 0 Å². The highest BCUT2D eigenvalue weighted by Gasteiger charge is 2.33. The molecule has 1 N–H and O–H groups in total. The zero-order chi connectivity index (χ0) is 10.7. The van der Waals surface area contributed by atoms with E-state index in [2.05, 4.69) is 10.2 Å². The second-order valence-corrected chi connectivity index (χ2v) is 4.47. The molecule has 1 amide bonds. The molecule has 1 saturated heterocycles. The third-order valence-electron chi connectivity index (χ3n) is 3.17. The number of amides is 1. The van der Waals surface area contributed by atoms with E-state index in [1.54, 1.807) is 7.11 Å². The first-order valence-corrected chi connectivity index (χ1v) is 5.84. The molecule has 86 valence electrons. The smallest absolute Gasteiger partial charge is 0.237 e. The number of rotatable bonds is 5. The van der Waals surface area contributed by atoms with Gasteiger partial charge in [-0.1, -0.05) is 0 Å². The number of carbonyl (C=O) groups is 1. The van der Waals surface area contributed by atoms with Gasteiger partial charge >= 0.3 is 0 Å². The van der Waals surface area contributed by atoms with Crippen molar-refractivity contribution in [1.29, 1.82) is 0 Å². The normalized spacial score (nSPS) is 26.9. The summed E-state index contributed by atoms with van der Waals surface area (Å²) in [5.41, 5.74) is 0. The van der Waals surface area contributed by atoms with Crippen LogP contribution in [-0.2, 0) is 9.53 Å². The number of nitrogens with zero attached hydrogens (tertiary/aromatic N) is 1. The minimum absolute atomic E-state index is 0.0979. The highest BCUT2D eigenvalue weighted by molar-refractivity contribution is 5.82. The lowest BCUT2D eigenvalue weighted by Crippen LogP contribution is -2.45. The Morgan fingerprint density at radius 3 is 2.93 bits per heavy atom. The predicted octanol–water partition coefficient (Wildman–Crippen LogP) is 0.376. The largest absolute Gasteiger partial charge is 0.383 e. The fourth-order valence-corrected chi connectivity index (χ4v) is 2.12. The SMILES string of the molecule is COCCN1CCCC1C(=O)NC1CC1. The summed E-state index contributed by atoms with van der Waals surface area (Å²) >= 11 is 0. The molecule has 1 aliphatic heterocycles. The molecule has 0 aromatic carbocycles. The molecule has 0 aromatic heterocycles. The van der Waals surface area contributed by atoms with Gasteiger partial charge in [0, 0.05) is 19.7 Å². The number of carbonyl (C=O) groups excluding carboxylic acids is 1. The Morgan fingerprint density at radius 1 is 1.47 bits per heavy atom. The molecule has 4 heteroatoms. The first kappa shape index (κ1) is 10.9. The summed E-state index contributed by atoms with van der Waals surface area (Å²) < 4.78 is 5.05. The van der Waals surface area contributed by atoms with E-state index >= 15 is 0 Å². The summed E-state index contributed by atoms with van der Waals surface area (Å²) in [6.07, 6.45) is 4.46. The molecule has 15 heavy (non-hydrogen) atoms. The van der Waals surface area contributed by atoms with Crippen LogP contribution in [0.3, 0.4) is 0 Å². The third-order valence-corrected chi connectivity index (χ3v) is 3.17. The number of ether oxygens (including phenoxy) is 1. The van der Waals surface area contributed by atoms with Gasteiger partial charge in [-0.3, -0.25) is 9.69 Å². The van der Waals surface area contributed by atoms with Gasteiger partial charge < -0.3 is 10.1 Å². The van der Waals surface area contributed by atoms with Gasteiger partial charge in [0.25, 0.3) is 0 Å². The van der Waals surface area contributed by atoms with E-state index in [9.17, 15) is 4.79 Å². The van der Waals surface area contributed by atoms with E-state index in [-0.39, 0.29) is 11.9 Å². The van der Waals surface area contributed by atoms with Crippen LogP contribution in [0.4, 0.5) is 0 Å². The van der Waals surface area contributed by atoms with E-state index in [0.717, 1.165) is 38.8 Å². The van der Waals surface area contributed by atoms with Crippen LogP contribution in [0.2, 0.25) is 0 Å². The van der Waals surface area contributed by atoms with E-state index in [1.807, 2.05) is 0 Å². The maximum atomic E-state index is 11.9. The molecule has 0 spiro atoms. The summed E-state index contributed by atoms with van der Waals surface area (Å²) in [6.45, 7) is 2.62. The molecule has 0 bridgehead atoms. The van der Waals surface area contributed by atoms with Crippen LogP contribution in [0, 0.1) is 0 Å². The van der Waals surface area contributed by atoms with Crippen molar-refractivity contribution in [3.63, 3.8) is 0 Å². The molecule has 4 nitrogen and oxygen atoms in total. The van der Waals surface area contributed by atoms with E-state index in [0.29, 0.717) is 12.6 Å². The maximum absolute atomic E-state index is 11.9. The van der Waals surface area contributed by atoms with Crippen molar-refractivity contribution in [2.45, 2.75) is 37.8 Å². The van der Waals surface area contributed by atoms with Crippen LogP contribution >= 0.6 is 0 Å². The Hall–Kier alpha value is -0.610. The second-order valence-electron chi connectivity index (χ2n) is 4.47. The third kappa shape index (κ3) is 2.92. The molecule has 1 aliphatic carbocycles. The number of hydrogen-bond donors (Lipinski definition) is 1. The first-order chi connectivity index (χ1) is 7.31. The van der Waals surface area contributed by atoms with Gasteiger partial charge in [0.05, 0.1) is 12.6 Å². The van der Waals surface area contributed by atoms with Crippen LogP contribution in [-0.4, -0.2) is 49.7 Å². The van der Waals surface area contributed by atoms with Crippen LogP contribution in [0.15, 0.2) is 0 Å². The topological polar surface area (TPSA) is 41.6 Å². The summed E-state index contributed by atoms with van der Waals surface area (Å²) in [6, 6.07) is 0.572. The summed E-state index contributed by atoms with van der Waals surface area (Å²) in [7, 11) is 1.70. The molecule has 1 unspecified atom stereocenters. The van der Waals surface area contributed by atoms with Crippen LogP contribution < -0.4 is 5.32 Å². The predicted molar refractivity (Wildman–Crippen MR) is 57.6 cm³/mol. The first-order valence-electron chi connectivity index (χ1n) is 5.84. The van der Waals surface area contributed by atoms with E-state index in [4.69, 9.17) is 4.74 Å². The molecular weight excluding hydrogens is 192 g/mol. The minimum Gasteiger partial charge on any atom is -0.383 e. The standard InChI is InChI=1S/C11H20N2O2/c1-15-8-7-13-6-2-3-10(13)11(14)12-9-4-5-9/h9-10H,2-8H2,1H3,(H,12,14). The minimum atomic E-state index is 0.0979. The van der Waals surface area contributed by atoms with Crippen LogP contribution in [0.5, 0.6) is 0 Å². The van der Waals surface area contributed by atoms with Crippen molar-refractivity contribution in [2.75, 3.05) is 26.8 Å². The lowest BCUT2D eigenvalue weighted by molar-refractivity contribution is -0.125. The van der Waals surface area contributed by atoms with Crippen molar-refractivity contribution in [1.82, 2.24) is 10.2 Å². The number of hydrogen-bond acceptors (Lipinski definition) is 3. The maximum Gasteiger partial charge on any atom is 0.237 e. The van der Waals surface area contributed by atoms with E-state index in [1.165, 1.54) is 0 Å². The Kier molecular flexibility index (Phi) is 3.59.